The predicted molar refractivity (Wildman–Crippen MR) is 78.1 cm³/mol. The van der Waals surface area contributed by atoms with Crippen LogP contribution in [0.5, 0.6) is 5.88 Å². The molecule has 1 fully saturated rings. The number of aromatic nitrogens is 1. The number of hydrogen-bond donors (Lipinski definition) is 0. The normalized spacial score (nSPS) is 15.2. The summed E-state index contributed by atoms with van der Waals surface area (Å²) in [6.45, 7) is 1.23. The van der Waals surface area contributed by atoms with Crippen LogP contribution in [0.1, 0.15) is 6.42 Å². The molecular formula is C15H15ClN2O2. The van der Waals surface area contributed by atoms with Crippen LogP contribution in [0.3, 0.4) is 0 Å². The van der Waals surface area contributed by atoms with Gasteiger partial charge in [0, 0.05) is 23.8 Å². The molecule has 5 heteroatoms. The molecule has 1 aliphatic heterocycles. The maximum Gasteiger partial charge on any atom is 0.224 e. The largest absolute Gasteiger partial charge is 0.471 e. The highest BCUT2D eigenvalue weighted by atomic mass is 35.5. The summed E-state index contributed by atoms with van der Waals surface area (Å²) in [4.78, 5) is 17.8. The molecule has 2 heterocycles. The Hall–Kier alpha value is -1.81. The Morgan fingerprint density at radius 1 is 1.30 bits per heavy atom. The Kier molecular flexibility index (Phi) is 3.74. The first-order valence-electron chi connectivity index (χ1n) is 6.62. The fourth-order valence-electron chi connectivity index (χ4n) is 2.24. The quantitative estimate of drug-likeness (QED) is 0.812. The van der Waals surface area contributed by atoms with Crippen LogP contribution in [0.25, 0.3) is 10.9 Å². The standard InChI is InChI=1S/C15H15ClN2O2/c16-8-7-15(19)18-9-12(10-18)20-14-6-5-11-3-1-2-4-13(11)17-14/h1-6,12H,7-10H2. The number of hydrogen-bond acceptors (Lipinski definition) is 3. The van der Waals surface area contributed by atoms with Crippen molar-refractivity contribution in [2.24, 2.45) is 0 Å². The van der Waals surface area contributed by atoms with Crippen molar-refractivity contribution in [1.82, 2.24) is 9.88 Å². The zero-order valence-corrected chi connectivity index (χ0v) is 11.7. The van der Waals surface area contributed by atoms with E-state index in [1.165, 1.54) is 0 Å². The zero-order valence-electron chi connectivity index (χ0n) is 11.0. The molecule has 4 nitrogen and oxygen atoms in total. The fraction of sp³-hybridized carbons (Fsp3) is 0.333. The van der Waals surface area contributed by atoms with E-state index in [1.54, 1.807) is 4.90 Å². The van der Waals surface area contributed by atoms with E-state index in [0.717, 1.165) is 10.9 Å². The molecule has 1 aromatic carbocycles. The van der Waals surface area contributed by atoms with Crippen LogP contribution in [-0.4, -0.2) is 40.9 Å². The van der Waals surface area contributed by atoms with Gasteiger partial charge in [-0.25, -0.2) is 4.98 Å². The first kappa shape index (κ1) is 13.2. The molecule has 0 aliphatic carbocycles. The summed E-state index contributed by atoms with van der Waals surface area (Å²) in [6.07, 6.45) is 0.422. The first-order chi connectivity index (χ1) is 9.76. The van der Waals surface area contributed by atoms with Gasteiger partial charge in [0.25, 0.3) is 0 Å². The van der Waals surface area contributed by atoms with Gasteiger partial charge in [0.2, 0.25) is 11.8 Å². The minimum Gasteiger partial charge on any atom is -0.471 e. The fourth-order valence-corrected chi connectivity index (χ4v) is 2.40. The second-order valence-corrected chi connectivity index (χ2v) is 5.20. The summed E-state index contributed by atoms with van der Waals surface area (Å²) in [6, 6.07) is 11.8. The second-order valence-electron chi connectivity index (χ2n) is 4.82. The number of nitrogens with zero attached hydrogens (tertiary/aromatic N) is 2. The highest BCUT2D eigenvalue weighted by molar-refractivity contribution is 6.18. The summed E-state index contributed by atoms with van der Waals surface area (Å²) >= 11 is 5.55. The lowest BCUT2D eigenvalue weighted by Crippen LogP contribution is -2.56. The van der Waals surface area contributed by atoms with Crippen molar-refractivity contribution in [3.05, 3.63) is 36.4 Å². The molecule has 20 heavy (non-hydrogen) atoms. The minimum atomic E-state index is 0.0305. The van der Waals surface area contributed by atoms with Crippen LogP contribution in [0.15, 0.2) is 36.4 Å². The lowest BCUT2D eigenvalue weighted by molar-refractivity contribution is -0.139. The van der Waals surface area contributed by atoms with Crippen molar-refractivity contribution < 1.29 is 9.53 Å². The molecule has 1 aromatic heterocycles. The Bertz CT molecular complexity index is 626. The van der Waals surface area contributed by atoms with Crippen molar-refractivity contribution in [2.45, 2.75) is 12.5 Å². The molecule has 0 spiro atoms. The maximum atomic E-state index is 11.6. The van der Waals surface area contributed by atoms with Crippen LogP contribution in [-0.2, 0) is 4.79 Å². The van der Waals surface area contributed by atoms with Crippen LogP contribution in [0.2, 0.25) is 0 Å². The van der Waals surface area contributed by atoms with Crippen LogP contribution < -0.4 is 4.74 Å². The predicted octanol–water partition coefficient (Wildman–Crippen LogP) is 2.45. The number of carbonyl (C=O) groups is 1. The lowest BCUT2D eigenvalue weighted by atomic mass is 10.1. The number of amides is 1. The number of rotatable bonds is 4. The van der Waals surface area contributed by atoms with Crippen molar-refractivity contribution in [2.75, 3.05) is 19.0 Å². The smallest absolute Gasteiger partial charge is 0.224 e. The van der Waals surface area contributed by atoms with Crippen LogP contribution >= 0.6 is 11.6 Å². The molecule has 0 saturated carbocycles. The number of para-hydroxylation sites is 1. The number of likely N-dealkylation sites (tertiary alicyclic amines) is 1. The van der Waals surface area contributed by atoms with Gasteiger partial charge in [0.1, 0.15) is 6.10 Å². The summed E-state index contributed by atoms with van der Waals surface area (Å²) in [5.41, 5.74) is 0.916. The van der Waals surface area contributed by atoms with Gasteiger partial charge in [-0.15, -0.1) is 11.6 Å². The van der Waals surface area contributed by atoms with Gasteiger partial charge in [-0.2, -0.15) is 0 Å². The van der Waals surface area contributed by atoms with E-state index >= 15 is 0 Å². The minimum absolute atomic E-state index is 0.0305. The number of pyridine rings is 1. The van der Waals surface area contributed by atoms with Crippen molar-refractivity contribution >= 4 is 28.4 Å². The maximum absolute atomic E-state index is 11.6. The van der Waals surface area contributed by atoms with Crippen LogP contribution in [0.4, 0.5) is 0 Å². The highest BCUT2D eigenvalue weighted by Crippen LogP contribution is 2.20. The molecule has 104 valence electrons. The Morgan fingerprint density at radius 2 is 2.10 bits per heavy atom. The van der Waals surface area contributed by atoms with Gasteiger partial charge >= 0.3 is 0 Å². The number of carbonyl (C=O) groups excluding carboxylic acids is 1. The van der Waals surface area contributed by atoms with Gasteiger partial charge in [-0.1, -0.05) is 18.2 Å². The number of benzene rings is 1. The second kappa shape index (κ2) is 5.67. The topological polar surface area (TPSA) is 42.4 Å². The molecule has 1 amide bonds. The first-order valence-corrected chi connectivity index (χ1v) is 7.16. The molecular weight excluding hydrogens is 276 g/mol. The third-order valence-electron chi connectivity index (χ3n) is 3.37. The summed E-state index contributed by atoms with van der Waals surface area (Å²) in [5.74, 6) is 1.07. The Balaban J connectivity index is 1.60. The van der Waals surface area contributed by atoms with E-state index in [0.29, 0.717) is 31.3 Å². The molecule has 0 N–H and O–H groups in total. The van der Waals surface area contributed by atoms with Crippen molar-refractivity contribution in [3.8, 4) is 5.88 Å². The number of alkyl halides is 1. The van der Waals surface area contributed by atoms with Crippen LogP contribution in [0, 0.1) is 0 Å². The average Bonchev–Trinajstić information content (AvgIpc) is 2.42. The molecule has 0 bridgehead atoms. The van der Waals surface area contributed by atoms with Crippen molar-refractivity contribution in [1.29, 1.82) is 0 Å². The van der Waals surface area contributed by atoms with Gasteiger partial charge in [0.05, 0.1) is 18.6 Å². The third-order valence-corrected chi connectivity index (χ3v) is 3.56. The van der Waals surface area contributed by atoms with E-state index in [1.807, 2.05) is 36.4 Å². The molecule has 1 aliphatic rings. The van der Waals surface area contributed by atoms with E-state index in [4.69, 9.17) is 16.3 Å². The number of ether oxygens (including phenoxy) is 1. The SMILES string of the molecule is O=C(CCCl)N1CC(Oc2ccc3ccccc3n2)C1. The molecule has 3 rings (SSSR count). The molecule has 2 aromatic rings. The van der Waals surface area contributed by atoms with E-state index in [2.05, 4.69) is 4.98 Å². The number of fused-ring (bicyclic) bond motifs is 1. The van der Waals surface area contributed by atoms with E-state index < -0.39 is 0 Å². The average molecular weight is 291 g/mol. The molecule has 0 radical (unpaired) electrons. The summed E-state index contributed by atoms with van der Waals surface area (Å²) in [5, 5.41) is 1.09. The Labute approximate surface area is 122 Å². The monoisotopic (exact) mass is 290 g/mol. The lowest BCUT2D eigenvalue weighted by Gasteiger charge is -2.38. The summed E-state index contributed by atoms with van der Waals surface area (Å²) in [7, 11) is 0. The summed E-state index contributed by atoms with van der Waals surface area (Å²) < 4.78 is 5.78. The van der Waals surface area contributed by atoms with E-state index in [-0.39, 0.29) is 12.0 Å². The van der Waals surface area contributed by atoms with Gasteiger partial charge in [-0.3, -0.25) is 4.79 Å². The highest BCUT2D eigenvalue weighted by Gasteiger charge is 2.31. The third kappa shape index (κ3) is 2.70. The van der Waals surface area contributed by atoms with Gasteiger partial charge in [0.15, 0.2) is 0 Å². The molecule has 0 atom stereocenters. The molecule has 1 saturated heterocycles. The molecule has 0 unspecified atom stereocenters. The van der Waals surface area contributed by atoms with Gasteiger partial charge in [-0.05, 0) is 12.1 Å². The van der Waals surface area contributed by atoms with Crippen molar-refractivity contribution in [3.63, 3.8) is 0 Å². The zero-order chi connectivity index (χ0) is 13.9. The number of halogens is 1. The van der Waals surface area contributed by atoms with E-state index in [9.17, 15) is 4.79 Å². The van der Waals surface area contributed by atoms with Gasteiger partial charge < -0.3 is 9.64 Å². The Morgan fingerprint density at radius 3 is 2.90 bits per heavy atom.